The van der Waals surface area contributed by atoms with Crippen molar-refractivity contribution < 1.29 is 4.79 Å². The molecular formula is C13H20BrN3O. The fraction of sp³-hybridized carbons (Fsp3) is 0.462. The van der Waals surface area contributed by atoms with E-state index in [1.165, 1.54) is 0 Å². The Morgan fingerprint density at radius 1 is 1.44 bits per heavy atom. The van der Waals surface area contributed by atoms with Gasteiger partial charge in [-0.25, -0.2) is 0 Å². The van der Waals surface area contributed by atoms with Gasteiger partial charge in [-0.3, -0.25) is 4.79 Å². The molecule has 0 saturated carbocycles. The summed E-state index contributed by atoms with van der Waals surface area (Å²) in [5, 5.41) is 6.03. The molecule has 0 fully saturated rings. The molecule has 4 nitrogen and oxygen atoms in total. The highest BCUT2D eigenvalue weighted by molar-refractivity contribution is 9.10. The number of hydrogen-bond acceptors (Lipinski definition) is 3. The van der Waals surface area contributed by atoms with Crippen molar-refractivity contribution >= 4 is 33.2 Å². The number of amides is 1. The molecule has 1 aromatic carbocycles. The van der Waals surface area contributed by atoms with E-state index in [1.54, 1.807) is 0 Å². The minimum atomic E-state index is 0.0600. The van der Waals surface area contributed by atoms with Crippen LogP contribution in [-0.4, -0.2) is 19.0 Å². The van der Waals surface area contributed by atoms with Gasteiger partial charge in [0.15, 0.2) is 0 Å². The lowest BCUT2D eigenvalue weighted by molar-refractivity contribution is -0.120. The number of benzene rings is 1. The van der Waals surface area contributed by atoms with E-state index in [1.807, 2.05) is 18.2 Å². The number of nitrogens with one attached hydrogen (secondary N) is 2. The van der Waals surface area contributed by atoms with Gasteiger partial charge >= 0.3 is 0 Å². The molecule has 0 unspecified atom stereocenters. The van der Waals surface area contributed by atoms with Crippen molar-refractivity contribution in [3.63, 3.8) is 0 Å². The fourth-order valence-electron chi connectivity index (χ4n) is 1.40. The van der Waals surface area contributed by atoms with Crippen LogP contribution in [-0.2, 0) is 4.79 Å². The SMILES string of the molecule is CC(C)CNC(=O)CCNc1cc(Br)ccc1N. The first-order valence-corrected chi connectivity index (χ1v) is 6.84. The second kappa shape index (κ2) is 7.26. The van der Waals surface area contributed by atoms with Gasteiger partial charge in [0.25, 0.3) is 0 Å². The zero-order valence-corrected chi connectivity index (χ0v) is 12.4. The third kappa shape index (κ3) is 5.40. The number of halogens is 1. The van der Waals surface area contributed by atoms with E-state index in [-0.39, 0.29) is 5.91 Å². The van der Waals surface area contributed by atoms with Crippen molar-refractivity contribution in [2.45, 2.75) is 20.3 Å². The first kappa shape index (κ1) is 14.8. The topological polar surface area (TPSA) is 67.2 Å². The largest absolute Gasteiger partial charge is 0.397 e. The van der Waals surface area contributed by atoms with Gasteiger partial charge in [-0.15, -0.1) is 0 Å². The average molecular weight is 314 g/mol. The molecule has 5 heteroatoms. The molecule has 0 aliphatic rings. The number of carbonyl (C=O) groups excluding carboxylic acids is 1. The van der Waals surface area contributed by atoms with Gasteiger partial charge in [0.2, 0.25) is 5.91 Å². The van der Waals surface area contributed by atoms with Crippen LogP contribution in [0.2, 0.25) is 0 Å². The molecule has 0 bridgehead atoms. The molecule has 4 N–H and O–H groups in total. The standard InChI is InChI=1S/C13H20BrN3O/c1-9(2)8-17-13(18)5-6-16-12-7-10(14)3-4-11(12)15/h3-4,7,9,16H,5-6,8,15H2,1-2H3,(H,17,18). The van der Waals surface area contributed by atoms with Crippen LogP contribution >= 0.6 is 15.9 Å². The summed E-state index contributed by atoms with van der Waals surface area (Å²) in [6.45, 7) is 5.43. The van der Waals surface area contributed by atoms with E-state index in [0.717, 1.165) is 16.7 Å². The number of hydrogen-bond donors (Lipinski definition) is 3. The second-order valence-electron chi connectivity index (χ2n) is 4.61. The molecule has 0 saturated heterocycles. The van der Waals surface area contributed by atoms with Crippen molar-refractivity contribution in [3.8, 4) is 0 Å². The molecular weight excluding hydrogens is 294 g/mol. The molecule has 1 amide bonds. The highest BCUT2D eigenvalue weighted by atomic mass is 79.9. The summed E-state index contributed by atoms with van der Waals surface area (Å²) in [6, 6.07) is 5.61. The van der Waals surface area contributed by atoms with E-state index in [2.05, 4.69) is 40.4 Å². The summed E-state index contributed by atoms with van der Waals surface area (Å²) in [7, 11) is 0. The molecule has 100 valence electrons. The van der Waals surface area contributed by atoms with Crippen LogP contribution in [0.1, 0.15) is 20.3 Å². The minimum Gasteiger partial charge on any atom is -0.397 e. The van der Waals surface area contributed by atoms with Gasteiger partial charge in [-0.05, 0) is 24.1 Å². The van der Waals surface area contributed by atoms with Crippen molar-refractivity contribution in [3.05, 3.63) is 22.7 Å². The Balaban J connectivity index is 2.33. The van der Waals surface area contributed by atoms with E-state index in [0.29, 0.717) is 24.6 Å². The maximum atomic E-state index is 11.5. The van der Waals surface area contributed by atoms with Crippen LogP contribution in [0.3, 0.4) is 0 Å². The zero-order chi connectivity index (χ0) is 13.5. The van der Waals surface area contributed by atoms with E-state index in [9.17, 15) is 4.79 Å². The first-order valence-electron chi connectivity index (χ1n) is 6.04. The lowest BCUT2D eigenvalue weighted by Gasteiger charge is -2.10. The van der Waals surface area contributed by atoms with Gasteiger partial charge in [0.05, 0.1) is 11.4 Å². The Bertz CT molecular complexity index is 407. The number of nitrogens with two attached hydrogens (primary N) is 1. The summed E-state index contributed by atoms with van der Waals surface area (Å²) in [4.78, 5) is 11.5. The predicted octanol–water partition coefficient (Wildman–Crippen LogP) is 2.61. The summed E-state index contributed by atoms with van der Waals surface area (Å²) in [6.07, 6.45) is 0.443. The Morgan fingerprint density at radius 2 is 2.17 bits per heavy atom. The maximum absolute atomic E-state index is 11.5. The van der Waals surface area contributed by atoms with Crippen LogP contribution in [0, 0.1) is 5.92 Å². The normalized spacial score (nSPS) is 10.4. The molecule has 0 radical (unpaired) electrons. The Kier molecular flexibility index (Phi) is 5.98. The highest BCUT2D eigenvalue weighted by Gasteiger charge is 2.03. The third-order valence-electron chi connectivity index (χ3n) is 2.39. The molecule has 0 aliphatic heterocycles. The van der Waals surface area contributed by atoms with Crippen LogP contribution in [0.4, 0.5) is 11.4 Å². The first-order chi connectivity index (χ1) is 8.49. The maximum Gasteiger partial charge on any atom is 0.221 e. The summed E-state index contributed by atoms with van der Waals surface area (Å²) in [5.74, 6) is 0.535. The van der Waals surface area contributed by atoms with Gasteiger partial charge < -0.3 is 16.4 Å². The molecule has 1 rings (SSSR count). The van der Waals surface area contributed by atoms with E-state index in [4.69, 9.17) is 5.73 Å². The van der Waals surface area contributed by atoms with Gasteiger partial charge in [0, 0.05) is 24.0 Å². The molecule has 0 aliphatic carbocycles. The highest BCUT2D eigenvalue weighted by Crippen LogP contribution is 2.22. The second-order valence-corrected chi connectivity index (χ2v) is 5.52. The van der Waals surface area contributed by atoms with Crippen LogP contribution in [0.5, 0.6) is 0 Å². The molecule has 1 aromatic rings. The van der Waals surface area contributed by atoms with Gasteiger partial charge in [0.1, 0.15) is 0 Å². The monoisotopic (exact) mass is 313 g/mol. The third-order valence-corrected chi connectivity index (χ3v) is 2.88. The lowest BCUT2D eigenvalue weighted by atomic mass is 10.2. The number of rotatable bonds is 6. The Morgan fingerprint density at radius 3 is 2.83 bits per heavy atom. The average Bonchev–Trinajstić information content (AvgIpc) is 2.31. The summed E-state index contributed by atoms with van der Waals surface area (Å²) in [5.41, 5.74) is 7.35. The molecule has 0 aromatic heterocycles. The summed E-state index contributed by atoms with van der Waals surface area (Å²) >= 11 is 3.38. The quantitative estimate of drug-likeness (QED) is 0.707. The van der Waals surface area contributed by atoms with Crippen LogP contribution in [0.15, 0.2) is 22.7 Å². The molecule has 0 atom stereocenters. The van der Waals surface area contributed by atoms with E-state index < -0.39 is 0 Å². The molecule has 0 heterocycles. The minimum absolute atomic E-state index is 0.0600. The Hall–Kier alpha value is -1.23. The molecule has 18 heavy (non-hydrogen) atoms. The predicted molar refractivity (Wildman–Crippen MR) is 79.5 cm³/mol. The zero-order valence-electron chi connectivity index (χ0n) is 10.8. The van der Waals surface area contributed by atoms with Gasteiger partial charge in [-0.2, -0.15) is 0 Å². The number of nitrogen functional groups attached to an aromatic ring is 1. The van der Waals surface area contributed by atoms with Crippen molar-refractivity contribution in [2.24, 2.45) is 5.92 Å². The number of carbonyl (C=O) groups is 1. The van der Waals surface area contributed by atoms with Crippen LogP contribution in [0.25, 0.3) is 0 Å². The lowest BCUT2D eigenvalue weighted by Crippen LogP contribution is -2.28. The fourth-order valence-corrected chi connectivity index (χ4v) is 1.76. The smallest absolute Gasteiger partial charge is 0.221 e. The Labute approximate surface area is 116 Å². The molecule has 0 spiro atoms. The van der Waals surface area contributed by atoms with Gasteiger partial charge in [-0.1, -0.05) is 29.8 Å². The van der Waals surface area contributed by atoms with Crippen molar-refractivity contribution in [1.29, 1.82) is 0 Å². The van der Waals surface area contributed by atoms with E-state index >= 15 is 0 Å². The summed E-state index contributed by atoms with van der Waals surface area (Å²) < 4.78 is 0.962. The van der Waals surface area contributed by atoms with Crippen molar-refractivity contribution in [1.82, 2.24) is 5.32 Å². The van der Waals surface area contributed by atoms with Crippen LogP contribution < -0.4 is 16.4 Å². The van der Waals surface area contributed by atoms with Crippen molar-refractivity contribution in [2.75, 3.05) is 24.1 Å². The number of anilines is 2.